The van der Waals surface area contributed by atoms with Crippen LogP contribution in [0.4, 0.5) is 0 Å². The largest absolute Gasteiger partial charge is 0.357 e. The zero-order chi connectivity index (χ0) is 20.8. The zero-order valence-corrected chi connectivity index (χ0v) is 20.9. The number of guanidine groups is 1. The number of benzene rings is 1. The van der Waals surface area contributed by atoms with E-state index < -0.39 is 14.6 Å². The van der Waals surface area contributed by atoms with Crippen LogP contribution in [-0.4, -0.2) is 73.3 Å². The van der Waals surface area contributed by atoms with Gasteiger partial charge in [0.15, 0.2) is 15.8 Å². The number of carbonyl (C=O) groups is 1. The molecule has 1 saturated heterocycles. The summed E-state index contributed by atoms with van der Waals surface area (Å²) < 4.78 is 23.7. The number of halogens is 1. The smallest absolute Gasteiger partial charge is 0.244 e. The number of amides is 1. The van der Waals surface area contributed by atoms with E-state index in [9.17, 15) is 13.2 Å². The molecule has 0 atom stereocenters. The Labute approximate surface area is 191 Å². The van der Waals surface area contributed by atoms with Gasteiger partial charge in [-0.05, 0) is 33.3 Å². The summed E-state index contributed by atoms with van der Waals surface area (Å²) in [6.45, 7) is 9.97. The molecule has 1 aliphatic heterocycles. The average molecular weight is 536 g/mol. The molecule has 7 nitrogen and oxygen atoms in total. The molecule has 1 heterocycles. The van der Waals surface area contributed by atoms with Crippen molar-refractivity contribution in [3.8, 4) is 0 Å². The van der Waals surface area contributed by atoms with Crippen molar-refractivity contribution in [1.29, 1.82) is 0 Å². The van der Waals surface area contributed by atoms with E-state index in [0.29, 0.717) is 38.7 Å². The Hall–Kier alpha value is -1.36. The number of rotatable bonds is 6. The highest BCUT2D eigenvalue weighted by molar-refractivity contribution is 14.0. The molecule has 9 heteroatoms. The molecular weight excluding hydrogens is 503 g/mol. The minimum Gasteiger partial charge on any atom is -0.357 e. The maximum atomic E-state index is 12.7. The summed E-state index contributed by atoms with van der Waals surface area (Å²) in [5.74, 6) is 0.633. The van der Waals surface area contributed by atoms with Crippen molar-refractivity contribution >= 4 is 45.7 Å². The predicted octanol–water partition coefficient (Wildman–Crippen LogP) is 2.13. The van der Waals surface area contributed by atoms with Crippen molar-refractivity contribution in [3.63, 3.8) is 0 Å². The normalized spacial score (nSPS) is 17.9. The van der Waals surface area contributed by atoms with E-state index in [1.807, 2.05) is 49.1 Å². The van der Waals surface area contributed by atoms with Crippen LogP contribution in [0.1, 0.15) is 33.3 Å². The first kappa shape index (κ1) is 25.7. The fraction of sp³-hybridized carbons (Fsp3) is 0.600. The minimum atomic E-state index is -3.13. The van der Waals surface area contributed by atoms with Crippen LogP contribution in [0.25, 0.3) is 0 Å². The number of sulfone groups is 1. The predicted molar refractivity (Wildman–Crippen MR) is 128 cm³/mol. The van der Waals surface area contributed by atoms with Crippen molar-refractivity contribution in [3.05, 3.63) is 35.9 Å². The molecule has 1 N–H and O–H groups in total. The molecule has 1 aliphatic rings. The van der Waals surface area contributed by atoms with Gasteiger partial charge in [0, 0.05) is 32.7 Å². The Balaban J connectivity index is 0.00000420. The lowest BCUT2D eigenvalue weighted by Crippen LogP contribution is -2.57. The lowest BCUT2D eigenvalue weighted by atomic mass is 10.2. The van der Waals surface area contributed by atoms with Gasteiger partial charge in [-0.1, -0.05) is 30.3 Å². The molecule has 0 radical (unpaired) electrons. The van der Waals surface area contributed by atoms with Crippen LogP contribution in [0, 0.1) is 0 Å². The van der Waals surface area contributed by atoms with E-state index in [1.165, 1.54) is 0 Å². The molecule has 0 aromatic heterocycles. The van der Waals surface area contributed by atoms with Crippen LogP contribution < -0.4 is 5.32 Å². The number of nitrogens with zero attached hydrogens (tertiary/aromatic N) is 3. The first-order valence-corrected chi connectivity index (χ1v) is 11.4. The van der Waals surface area contributed by atoms with Crippen LogP contribution in [0.2, 0.25) is 0 Å². The maximum Gasteiger partial charge on any atom is 0.244 e. The van der Waals surface area contributed by atoms with Gasteiger partial charge in [-0.3, -0.25) is 4.79 Å². The second kappa shape index (κ2) is 11.1. The third-order valence-electron chi connectivity index (χ3n) is 4.99. The second-order valence-corrected chi connectivity index (χ2v) is 10.3. The molecule has 0 bridgehead atoms. The Kier molecular flexibility index (Phi) is 9.87. The summed E-state index contributed by atoms with van der Waals surface area (Å²) in [5.41, 5.74) is 1.08. The van der Waals surface area contributed by atoms with Gasteiger partial charge in [0.2, 0.25) is 5.91 Å². The molecule has 1 fully saturated rings. The summed E-state index contributed by atoms with van der Waals surface area (Å²) in [4.78, 5) is 20.9. The molecule has 0 aliphatic carbocycles. The lowest BCUT2D eigenvalue weighted by Gasteiger charge is -2.39. The topological polar surface area (TPSA) is 82.1 Å². The lowest BCUT2D eigenvalue weighted by molar-refractivity contribution is -0.130. The van der Waals surface area contributed by atoms with Crippen LogP contribution in [0.3, 0.4) is 0 Å². The molecule has 1 amide bonds. The Bertz CT molecular complexity index is 797. The molecule has 1 aromatic carbocycles. The SMILES string of the molecule is CCNC(=NCC(=O)N(CC)Cc1ccccc1)N1CCS(=O)(=O)C(C)(C)C1.I. The maximum absolute atomic E-state index is 12.7. The van der Waals surface area contributed by atoms with Gasteiger partial charge >= 0.3 is 0 Å². The molecule has 164 valence electrons. The molecule has 0 spiro atoms. The highest BCUT2D eigenvalue weighted by Gasteiger charge is 2.41. The summed E-state index contributed by atoms with van der Waals surface area (Å²) in [6.07, 6.45) is 0. The quantitative estimate of drug-likeness (QED) is 0.342. The first-order chi connectivity index (χ1) is 13.2. The average Bonchev–Trinajstić information content (AvgIpc) is 2.66. The third kappa shape index (κ3) is 6.84. The monoisotopic (exact) mass is 536 g/mol. The number of nitrogens with one attached hydrogen (secondary N) is 1. The van der Waals surface area contributed by atoms with Crippen molar-refractivity contribution in [2.75, 3.05) is 38.5 Å². The zero-order valence-electron chi connectivity index (χ0n) is 17.7. The molecule has 0 unspecified atom stereocenters. The minimum absolute atomic E-state index is 0. The van der Waals surface area contributed by atoms with Gasteiger partial charge < -0.3 is 15.1 Å². The van der Waals surface area contributed by atoms with Gasteiger partial charge in [-0.25, -0.2) is 13.4 Å². The number of carbonyl (C=O) groups excluding carboxylic acids is 1. The van der Waals surface area contributed by atoms with Crippen LogP contribution in [-0.2, 0) is 21.2 Å². The Morgan fingerprint density at radius 1 is 1.24 bits per heavy atom. The molecule has 2 rings (SSSR count). The van der Waals surface area contributed by atoms with Crippen LogP contribution >= 0.6 is 24.0 Å². The number of aliphatic imine (C=N–C) groups is 1. The van der Waals surface area contributed by atoms with Crippen molar-refractivity contribution in [2.45, 2.75) is 39.0 Å². The summed E-state index contributed by atoms with van der Waals surface area (Å²) in [5, 5.41) is 3.19. The highest BCUT2D eigenvalue weighted by atomic mass is 127. The summed E-state index contributed by atoms with van der Waals surface area (Å²) in [7, 11) is -3.13. The van der Waals surface area contributed by atoms with Gasteiger partial charge in [-0.15, -0.1) is 24.0 Å². The second-order valence-electron chi connectivity index (χ2n) is 7.56. The van der Waals surface area contributed by atoms with Crippen molar-refractivity contribution in [1.82, 2.24) is 15.1 Å². The van der Waals surface area contributed by atoms with Crippen LogP contribution in [0.5, 0.6) is 0 Å². The molecule has 1 aromatic rings. The van der Waals surface area contributed by atoms with E-state index in [4.69, 9.17) is 0 Å². The molecule has 29 heavy (non-hydrogen) atoms. The van der Waals surface area contributed by atoms with E-state index >= 15 is 0 Å². The fourth-order valence-corrected chi connectivity index (χ4v) is 4.54. The first-order valence-electron chi connectivity index (χ1n) is 9.77. The van der Waals surface area contributed by atoms with E-state index in [2.05, 4.69) is 10.3 Å². The fourth-order valence-electron chi connectivity index (χ4n) is 3.17. The molecule has 0 saturated carbocycles. The van der Waals surface area contributed by atoms with Crippen molar-refractivity contribution in [2.24, 2.45) is 4.99 Å². The number of hydrogen-bond acceptors (Lipinski definition) is 4. The van der Waals surface area contributed by atoms with Gasteiger partial charge in [0.25, 0.3) is 0 Å². The summed E-state index contributed by atoms with van der Waals surface area (Å²) >= 11 is 0. The highest BCUT2D eigenvalue weighted by Crippen LogP contribution is 2.23. The van der Waals surface area contributed by atoms with E-state index in [0.717, 1.165) is 5.56 Å². The Morgan fingerprint density at radius 3 is 2.45 bits per heavy atom. The van der Waals surface area contributed by atoms with E-state index in [1.54, 1.807) is 18.7 Å². The third-order valence-corrected chi connectivity index (χ3v) is 7.53. The van der Waals surface area contributed by atoms with Gasteiger partial charge in [0.05, 0.1) is 10.5 Å². The number of hydrogen-bond donors (Lipinski definition) is 1. The summed E-state index contributed by atoms with van der Waals surface area (Å²) in [6, 6.07) is 9.87. The standard InChI is InChI=1S/C20H32N4O3S.HI/c1-5-21-19(24-12-13-28(26,27)20(3,4)16-24)22-14-18(25)23(6-2)15-17-10-8-7-9-11-17;/h7-11H,5-6,12-16H2,1-4H3,(H,21,22);1H. The van der Waals surface area contributed by atoms with Gasteiger partial charge in [-0.2, -0.15) is 0 Å². The number of likely N-dealkylation sites (N-methyl/N-ethyl adjacent to an activating group) is 1. The molecular formula is C20H33IN4O3S. The van der Waals surface area contributed by atoms with Gasteiger partial charge in [0.1, 0.15) is 6.54 Å². The Morgan fingerprint density at radius 2 is 1.90 bits per heavy atom. The van der Waals surface area contributed by atoms with Crippen molar-refractivity contribution < 1.29 is 13.2 Å². The van der Waals surface area contributed by atoms with E-state index in [-0.39, 0.29) is 42.2 Å². The van der Waals surface area contributed by atoms with Crippen LogP contribution in [0.15, 0.2) is 35.3 Å².